The summed E-state index contributed by atoms with van der Waals surface area (Å²) >= 11 is 0. The van der Waals surface area contributed by atoms with Gasteiger partial charge in [0.25, 0.3) is 0 Å². The fourth-order valence-electron chi connectivity index (χ4n) is 2.96. The maximum absolute atomic E-state index is 5.74. The number of anilines is 1. The molecule has 0 unspecified atom stereocenters. The molecule has 0 fully saturated rings. The van der Waals surface area contributed by atoms with Crippen LogP contribution in [-0.4, -0.2) is 11.4 Å². The third-order valence-electron chi connectivity index (χ3n) is 4.45. The Morgan fingerprint density at radius 1 is 0.533 bits per heavy atom. The first-order chi connectivity index (χ1) is 13.7. The number of aliphatic imine (C=N–C) groups is 2. The molecule has 0 spiro atoms. The van der Waals surface area contributed by atoms with Crippen molar-refractivity contribution in [3.63, 3.8) is 0 Å². The molecular weight excluding hydrogens is 366 g/mol. The largest absolute Gasteiger partial charge is 0.399 e. The maximum atomic E-state index is 5.74. The molecule has 4 rings (SSSR count). The van der Waals surface area contributed by atoms with Gasteiger partial charge in [0.1, 0.15) is 0 Å². The molecule has 3 aromatic rings. The van der Waals surface area contributed by atoms with Crippen LogP contribution in [0, 0.1) is 0 Å². The van der Waals surface area contributed by atoms with Crippen molar-refractivity contribution in [3.8, 4) is 0 Å². The predicted molar refractivity (Wildman–Crippen MR) is 132 cm³/mol. The van der Waals surface area contributed by atoms with Crippen LogP contribution in [0.15, 0.2) is 113 Å². The third-order valence-corrected chi connectivity index (χ3v) is 4.45. The highest BCUT2D eigenvalue weighted by atomic mass is 14.8. The lowest BCUT2D eigenvalue weighted by molar-refractivity contribution is 1.19. The number of hydrogen-bond donors (Lipinski definition) is 1. The molecule has 0 atom stereocenters. The van der Waals surface area contributed by atoms with E-state index in [1.807, 2.05) is 66.8 Å². The minimum Gasteiger partial charge on any atom is -0.399 e. The van der Waals surface area contributed by atoms with Gasteiger partial charge in [-0.15, -0.1) is 0 Å². The van der Waals surface area contributed by atoms with Crippen LogP contribution >= 0.6 is 0 Å². The summed E-state index contributed by atoms with van der Waals surface area (Å²) in [4.78, 5) is 9.29. The molecule has 3 nitrogen and oxygen atoms in total. The van der Waals surface area contributed by atoms with Gasteiger partial charge >= 0.3 is 0 Å². The van der Waals surface area contributed by atoms with Crippen molar-refractivity contribution < 1.29 is 0 Å². The predicted octanol–water partition coefficient (Wildman–Crippen LogP) is 7.10. The summed E-state index contributed by atoms with van der Waals surface area (Å²) in [5.41, 5.74) is 12.8. The number of nitrogens with two attached hydrogens (primary N) is 1. The molecule has 1 aliphatic carbocycles. The number of hydrogen-bond acceptors (Lipinski definition) is 3. The summed E-state index contributed by atoms with van der Waals surface area (Å²) in [7, 11) is 0. The molecule has 0 heterocycles. The number of nitrogen functional groups attached to an aromatic ring is 1. The molecule has 0 amide bonds. The Morgan fingerprint density at radius 2 is 0.967 bits per heavy atom. The van der Waals surface area contributed by atoms with Crippen molar-refractivity contribution in [2.24, 2.45) is 9.98 Å². The number of benzene rings is 3. The second-order valence-corrected chi connectivity index (χ2v) is 6.66. The Balaban J connectivity index is 0.00000160. The van der Waals surface area contributed by atoms with E-state index in [4.69, 9.17) is 10.7 Å². The van der Waals surface area contributed by atoms with E-state index in [-0.39, 0.29) is 14.9 Å². The van der Waals surface area contributed by atoms with Crippen LogP contribution in [0.25, 0.3) is 0 Å². The standard InChI is InChI=1S/C25H21N3.2CH4/c26-21-10-6-19(7-11-21)18-20-8-12-23(13-9-20)28-25-16-14-24(15-17-25)27-22-4-2-1-3-5-22;;/h1-17H,18,26H2;2*1H4. The molecule has 0 aliphatic heterocycles. The maximum Gasteiger partial charge on any atom is 0.0638 e. The minimum absolute atomic E-state index is 0. The van der Waals surface area contributed by atoms with Gasteiger partial charge in [-0.2, -0.15) is 0 Å². The lowest BCUT2D eigenvalue weighted by atomic mass is 10.0. The highest BCUT2D eigenvalue weighted by Crippen LogP contribution is 2.18. The molecule has 0 saturated carbocycles. The lowest BCUT2D eigenvalue weighted by Crippen LogP contribution is -1.99. The fourth-order valence-corrected chi connectivity index (χ4v) is 2.96. The van der Waals surface area contributed by atoms with Gasteiger partial charge in [0, 0.05) is 5.69 Å². The van der Waals surface area contributed by atoms with Crippen LogP contribution in [0.3, 0.4) is 0 Å². The van der Waals surface area contributed by atoms with Crippen molar-refractivity contribution >= 4 is 28.5 Å². The second-order valence-electron chi connectivity index (χ2n) is 6.66. The minimum atomic E-state index is 0. The highest BCUT2D eigenvalue weighted by molar-refractivity contribution is 6.19. The summed E-state index contributed by atoms with van der Waals surface area (Å²) in [6.45, 7) is 0. The molecule has 3 aromatic carbocycles. The molecule has 3 heteroatoms. The molecule has 0 bridgehead atoms. The van der Waals surface area contributed by atoms with Gasteiger partial charge in [-0.25, -0.2) is 9.98 Å². The normalized spacial score (nSPS) is 12.0. The first kappa shape index (κ1) is 22.6. The molecule has 152 valence electrons. The van der Waals surface area contributed by atoms with Crippen LogP contribution in [0.4, 0.5) is 17.1 Å². The number of allylic oxidation sites excluding steroid dienone is 4. The fraction of sp³-hybridized carbons (Fsp3) is 0.111. The Hall–Kier alpha value is -3.72. The highest BCUT2D eigenvalue weighted by Gasteiger charge is 2.01. The summed E-state index contributed by atoms with van der Waals surface area (Å²) in [6, 6.07) is 26.3. The monoisotopic (exact) mass is 395 g/mol. The van der Waals surface area contributed by atoms with Crippen LogP contribution in [0.1, 0.15) is 26.0 Å². The van der Waals surface area contributed by atoms with Gasteiger partial charge in [0.2, 0.25) is 0 Å². The molecule has 30 heavy (non-hydrogen) atoms. The van der Waals surface area contributed by atoms with E-state index in [1.54, 1.807) is 0 Å². The first-order valence-electron chi connectivity index (χ1n) is 9.26. The van der Waals surface area contributed by atoms with Gasteiger partial charge in [0.05, 0.1) is 22.8 Å². The van der Waals surface area contributed by atoms with Gasteiger partial charge in [-0.3, -0.25) is 0 Å². The topological polar surface area (TPSA) is 50.7 Å². The number of para-hydroxylation sites is 1. The van der Waals surface area contributed by atoms with E-state index in [9.17, 15) is 0 Å². The molecular formula is C27H29N3. The zero-order valence-electron chi connectivity index (χ0n) is 15.5. The molecule has 0 aromatic heterocycles. The zero-order valence-corrected chi connectivity index (χ0v) is 15.5. The summed E-state index contributed by atoms with van der Waals surface area (Å²) in [5, 5.41) is 0. The lowest BCUT2D eigenvalue weighted by Gasteiger charge is -2.05. The quantitative estimate of drug-likeness (QED) is 0.371. The Bertz CT molecular complexity index is 1040. The van der Waals surface area contributed by atoms with Crippen LogP contribution in [0.5, 0.6) is 0 Å². The van der Waals surface area contributed by atoms with Gasteiger partial charge in [-0.1, -0.05) is 57.3 Å². The van der Waals surface area contributed by atoms with Crippen molar-refractivity contribution in [1.82, 2.24) is 0 Å². The van der Waals surface area contributed by atoms with Crippen LogP contribution in [-0.2, 0) is 6.42 Å². The number of rotatable bonds is 4. The van der Waals surface area contributed by atoms with Crippen molar-refractivity contribution in [2.45, 2.75) is 21.3 Å². The van der Waals surface area contributed by atoms with Crippen molar-refractivity contribution in [1.29, 1.82) is 0 Å². The molecule has 1 aliphatic rings. The smallest absolute Gasteiger partial charge is 0.0638 e. The van der Waals surface area contributed by atoms with Gasteiger partial charge in [0.15, 0.2) is 0 Å². The van der Waals surface area contributed by atoms with E-state index in [1.165, 1.54) is 11.1 Å². The Morgan fingerprint density at radius 3 is 1.47 bits per heavy atom. The van der Waals surface area contributed by atoms with Crippen LogP contribution < -0.4 is 5.73 Å². The Kier molecular flexibility index (Phi) is 8.07. The molecule has 0 saturated heterocycles. The van der Waals surface area contributed by atoms with Crippen LogP contribution in [0.2, 0.25) is 0 Å². The summed E-state index contributed by atoms with van der Waals surface area (Å²) in [6.07, 6.45) is 8.84. The number of nitrogens with zero attached hydrogens (tertiary/aromatic N) is 2. The van der Waals surface area contributed by atoms with Crippen molar-refractivity contribution in [2.75, 3.05) is 5.73 Å². The molecule has 0 radical (unpaired) electrons. The SMILES string of the molecule is C.C.Nc1ccc(Cc2ccc(N=C3C=CC(=Nc4ccccc4)C=C3)cc2)cc1. The molecule has 2 N–H and O–H groups in total. The Labute approximate surface area is 180 Å². The van der Waals surface area contributed by atoms with E-state index < -0.39 is 0 Å². The van der Waals surface area contributed by atoms with E-state index in [0.29, 0.717) is 0 Å². The van der Waals surface area contributed by atoms with Gasteiger partial charge < -0.3 is 5.73 Å². The average molecular weight is 396 g/mol. The average Bonchev–Trinajstić information content (AvgIpc) is 2.73. The first-order valence-corrected chi connectivity index (χ1v) is 9.26. The van der Waals surface area contributed by atoms with Crippen molar-refractivity contribution in [3.05, 3.63) is 114 Å². The van der Waals surface area contributed by atoms with E-state index in [2.05, 4.69) is 41.4 Å². The zero-order chi connectivity index (χ0) is 19.2. The van der Waals surface area contributed by atoms with Gasteiger partial charge in [-0.05, 0) is 78.3 Å². The summed E-state index contributed by atoms with van der Waals surface area (Å²) in [5.74, 6) is 0. The second kappa shape index (κ2) is 10.7. The van der Waals surface area contributed by atoms with E-state index in [0.717, 1.165) is 34.9 Å². The van der Waals surface area contributed by atoms with E-state index >= 15 is 0 Å². The third kappa shape index (κ3) is 6.14. The summed E-state index contributed by atoms with van der Waals surface area (Å²) < 4.78 is 0.